The molecule has 4 rings (SSSR count). The van der Waals surface area contributed by atoms with Crippen LogP contribution in [0.15, 0.2) is 48.8 Å². The fourth-order valence-electron chi connectivity index (χ4n) is 3.80. The second-order valence-corrected chi connectivity index (χ2v) is 6.71. The molecular weight excluding hydrogens is 344 g/mol. The minimum atomic E-state index is -0.361. The number of rotatable bonds is 5. The van der Waals surface area contributed by atoms with Crippen LogP contribution in [-0.4, -0.2) is 46.3 Å². The van der Waals surface area contributed by atoms with Crippen molar-refractivity contribution in [1.82, 2.24) is 15.2 Å². The highest BCUT2D eigenvalue weighted by molar-refractivity contribution is 5.97. The van der Waals surface area contributed by atoms with Crippen LogP contribution in [0.25, 0.3) is 10.9 Å². The number of benzene rings is 1. The number of anilines is 2. The molecule has 138 valence electrons. The van der Waals surface area contributed by atoms with Crippen molar-refractivity contribution in [1.29, 1.82) is 0 Å². The number of nitro groups is 1. The van der Waals surface area contributed by atoms with Crippen LogP contribution in [0.5, 0.6) is 0 Å². The van der Waals surface area contributed by atoms with Crippen molar-refractivity contribution in [3.63, 3.8) is 0 Å². The molecule has 0 bridgehead atoms. The van der Waals surface area contributed by atoms with Gasteiger partial charge in [0.15, 0.2) is 5.82 Å². The fourth-order valence-corrected chi connectivity index (χ4v) is 3.80. The fraction of sp³-hybridized carbons (Fsp3) is 0.316. The third kappa shape index (κ3) is 3.25. The highest BCUT2D eigenvalue weighted by Gasteiger charge is 2.28. The van der Waals surface area contributed by atoms with E-state index in [-0.39, 0.29) is 10.6 Å². The van der Waals surface area contributed by atoms with Crippen molar-refractivity contribution in [2.75, 3.05) is 29.9 Å². The molecule has 1 unspecified atom stereocenters. The summed E-state index contributed by atoms with van der Waals surface area (Å²) in [6.45, 7) is 1.73. The molecule has 0 radical (unpaired) electrons. The van der Waals surface area contributed by atoms with Gasteiger partial charge in [0.05, 0.1) is 16.0 Å². The Morgan fingerprint density at radius 1 is 1.26 bits per heavy atom. The third-order valence-corrected chi connectivity index (χ3v) is 5.05. The predicted octanol–water partition coefficient (Wildman–Crippen LogP) is 3.04. The number of likely N-dealkylation sites (N-methyl/N-ethyl adjacent to an activating group) is 1. The van der Waals surface area contributed by atoms with E-state index in [1.807, 2.05) is 19.2 Å². The molecule has 3 heterocycles. The number of hydrogen-bond donors (Lipinski definition) is 0. The molecular formula is C19H20N6O2. The summed E-state index contributed by atoms with van der Waals surface area (Å²) in [5.41, 5.74) is 1.62. The van der Waals surface area contributed by atoms with Gasteiger partial charge in [-0.1, -0.05) is 0 Å². The minimum Gasteiger partial charge on any atom is -0.371 e. The Kier molecular flexibility index (Phi) is 4.53. The Labute approximate surface area is 156 Å². The van der Waals surface area contributed by atoms with Crippen LogP contribution in [0.2, 0.25) is 0 Å². The summed E-state index contributed by atoms with van der Waals surface area (Å²) in [4.78, 5) is 19.8. The standard InChI is InChI=1S/C19H20N6O2/c1-23(13-14-5-4-12-24(14)18-7-3-11-21-22-18)17-9-8-16(25(26)27)15-6-2-10-20-19(15)17/h2-3,6-11,14H,4-5,12-13H2,1H3. The lowest BCUT2D eigenvalue weighted by atomic mass is 10.1. The quantitative estimate of drug-likeness (QED) is 0.508. The second-order valence-electron chi connectivity index (χ2n) is 6.71. The van der Waals surface area contributed by atoms with Gasteiger partial charge in [-0.05, 0) is 43.2 Å². The number of pyridine rings is 1. The molecule has 8 heteroatoms. The van der Waals surface area contributed by atoms with E-state index in [0.717, 1.165) is 37.4 Å². The van der Waals surface area contributed by atoms with Gasteiger partial charge in [0.2, 0.25) is 0 Å². The summed E-state index contributed by atoms with van der Waals surface area (Å²) >= 11 is 0. The number of fused-ring (bicyclic) bond motifs is 1. The third-order valence-electron chi connectivity index (χ3n) is 5.05. The Bertz CT molecular complexity index is 965. The molecule has 1 aromatic carbocycles. The van der Waals surface area contributed by atoms with Crippen LogP contribution in [0.3, 0.4) is 0 Å². The van der Waals surface area contributed by atoms with E-state index < -0.39 is 0 Å². The van der Waals surface area contributed by atoms with Gasteiger partial charge in [-0.25, -0.2) is 0 Å². The molecule has 0 spiro atoms. The highest BCUT2D eigenvalue weighted by atomic mass is 16.6. The molecule has 1 fully saturated rings. The molecule has 1 aliphatic rings. The average molecular weight is 364 g/mol. The van der Waals surface area contributed by atoms with E-state index in [1.165, 1.54) is 0 Å². The first kappa shape index (κ1) is 17.1. The van der Waals surface area contributed by atoms with E-state index >= 15 is 0 Å². The number of nitrogens with zero attached hydrogens (tertiary/aromatic N) is 6. The molecule has 0 aliphatic carbocycles. The SMILES string of the molecule is CN(CC1CCCN1c1cccnn1)c1ccc([N+](=O)[O-])c2cccnc12. The molecule has 27 heavy (non-hydrogen) atoms. The first-order valence-electron chi connectivity index (χ1n) is 8.93. The molecule has 3 aromatic rings. The molecule has 2 aromatic heterocycles. The Morgan fingerprint density at radius 2 is 2.11 bits per heavy atom. The van der Waals surface area contributed by atoms with Crippen LogP contribution < -0.4 is 9.80 Å². The lowest BCUT2D eigenvalue weighted by Gasteiger charge is -2.30. The van der Waals surface area contributed by atoms with Crippen molar-refractivity contribution in [2.45, 2.75) is 18.9 Å². The Morgan fingerprint density at radius 3 is 2.89 bits per heavy atom. The maximum absolute atomic E-state index is 11.3. The van der Waals surface area contributed by atoms with Gasteiger partial charge in [0, 0.05) is 44.6 Å². The molecule has 1 saturated heterocycles. The van der Waals surface area contributed by atoms with Gasteiger partial charge >= 0.3 is 0 Å². The van der Waals surface area contributed by atoms with Gasteiger partial charge in [0.1, 0.15) is 5.52 Å². The van der Waals surface area contributed by atoms with Crippen molar-refractivity contribution in [3.8, 4) is 0 Å². The number of hydrogen-bond acceptors (Lipinski definition) is 7. The van der Waals surface area contributed by atoms with Crippen molar-refractivity contribution >= 4 is 28.1 Å². The monoisotopic (exact) mass is 364 g/mol. The van der Waals surface area contributed by atoms with Gasteiger partial charge < -0.3 is 9.80 Å². The first-order chi connectivity index (χ1) is 13.1. The van der Waals surface area contributed by atoms with Crippen LogP contribution in [0.1, 0.15) is 12.8 Å². The van der Waals surface area contributed by atoms with Gasteiger partial charge in [-0.3, -0.25) is 15.1 Å². The summed E-state index contributed by atoms with van der Waals surface area (Å²) in [5.74, 6) is 0.889. The van der Waals surface area contributed by atoms with Crippen molar-refractivity contribution < 1.29 is 4.92 Å². The highest BCUT2D eigenvalue weighted by Crippen LogP contribution is 2.32. The molecule has 0 saturated carbocycles. The number of non-ortho nitro benzene ring substituents is 1. The lowest BCUT2D eigenvalue weighted by Crippen LogP contribution is -2.39. The van der Waals surface area contributed by atoms with Crippen molar-refractivity contribution in [3.05, 3.63) is 58.9 Å². The largest absolute Gasteiger partial charge is 0.371 e. The van der Waals surface area contributed by atoms with E-state index in [4.69, 9.17) is 0 Å². The van der Waals surface area contributed by atoms with Crippen LogP contribution in [0, 0.1) is 10.1 Å². The summed E-state index contributed by atoms with van der Waals surface area (Å²) in [5, 5.41) is 20.1. The predicted molar refractivity (Wildman–Crippen MR) is 104 cm³/mol. The lowest BCUT2D eigenvalue weighted by molar-refractivity contribution is -0.383. The maximum atomic E-state index is 11.3. The summed E-state index contributed by atoms with van der Waals surface area (Å²) in [7, 11) is 2.00. The van der Waals surface area contributed by atoms with E-state index in [1.54, 1.807) is 36.7 Å². The summed E-state index contributed by atoms with van der Waals surface area (Å²) < 4.78 is 0. The van der Waals surface area contributed by atoms with Crippen LogP contribution >= 0.6 is 0 Å². The van der Waals surface area contributed by atoms with Crippen molar-refractivity contribution in [2.24, 2.45) is 0 Å². The minimum absolute atomic E-state index is 0.0808. The summed E-state index contributed by atoms with van der Waals surface area (Å²) in [6, 6.07) is 11.0. The van der Waals surface area contributed by atoms with Crippen LogP contribution in [-0.2, 0) is 0 Å². The molecule has 0 amide bonds. The van der Waals surface area contributed by atoms with Gasteiger partial charge in [0.25, 0.3) is 5.69 Å². The Hall–Kier alpha value is -3.29. The van der Waals surface area contributed by atoms with E-state index in [9.17, 15) is 10.1 Å². The smallest absolute Gasteiger partial charge is 0.278 e. The molecule has 8 nitrogen and oxygen atoms in total. The number of aromatic nitrogens is 3. The average Bonchev–Trinajstić information content (AvgIpc) is 3.15. The first-order valence-corrected chi connectivity index (χ1v) is 8.93. The van der Waals surface area contributed by atoms with Gasteiger partial charge in [-0.2, -0.15) is 5.10 Å². The molecule has 0 N–H and O–H groups in total. The molecule has 1 atom stereocenters. The number of nitro benzene ring substituents is 1. The zero-order valence-electron chi connectivity index (χ0n) is 15.0. The van der Waals surface area contributed by atoms with Gasteiger partial charge in [-0.15, -0.1) is 5.10 Å². The second kappa shape index (κ2) is 7.14. The van der Waals surface area contributed by atoms with E-state index in [0.29, 0.717) is 16.9 Å². The Balaban J connectivity index is 1.63. The zero-order chi connectivity index (χ0) is 18.8. The normalized spacial score (nSPS) is 16.6. The topological polar surface area (TPSA) is 88.3 Å². The molecule has 1 aliphatic heterocycles. The van der Waals surface area contributed by atoms with Crippen LogP contribution in [0.4, 0.5) is 17.2 Å². The summed E-state index contributed by atoms with van der Waals surface area (Å²) in [6.07, 6.45) is 5.52. The van der Waals surface area contributed by atoms with E-state index in [2.05, 4.69) is 25.0 Å². The maximum Gasteiger partial charge on any atom is 0.278 e. The zero-order valence-corrected chi connectivity index (χ0v) is 15.0.